The molecule has 1 heterocycles. The van der Waals surface area contributed by atoms with Gasteiger partial charge in [-0.1, -0.05) is 231 Å². The van der Waals surface area contributed by atoms with Crippen molar-refractivity contribution >= 4 is 97.3 Å². The van der Waals surface area contributed by atoms with Crippen LogP contribution in [0.15, 0.2) is 283 Å². The normalized spacial score (nSPS) is 11.9. The summed E-state index contributed by atoms with van der Waals surface area (Å²) in [6, 6.07) is 103. The van der Waals surface area contributed by atoms with E-state index in [9.17, 15) is 0 Å². The smallest absolute Gasteiger partial charge is 0.135 e. The van der Waals surface area contributed by atoms with Crippen molar-refractivity contribution in [1.29, 1.82) is 0 Å². The van der Waals surface area contributed by atoms with Gasteiger partial charge in [-0.05, 0) is 191 Å². The minimum Gasteiger partial charge on any atom is -0.456 e. The van der Waals surface area contributed by atoms with Crippen molar-refractivity contribution in [2.45, 2.75) is 0 Å². The van der Waals surface area contributed by atoms with Gasteiger partial charge in [0.2, 0.25) is 0 Å². The quantitative estimate of drug-likeness (QED) is 0.151. The number of benzene rings is 15. The Hall–Kier alpha value is -10.1. The van der Waals surface area contributed by atoms with Gasteiger partial charge in [0.05, 0.1) is 0 Å². The summed E-state index contributed by atoms with van der Waals surface area (Å²) in [7, 11) is 0. The second kappa shape index (κ2) is 17.2. The molecule has 16 aromatic rings. The fourth-order valence-corrected chi connectivity index (χ4v) is 12.8. The zero-order valence-electron chi connectivity index (χ0n) is 42.0. The molecule has 1 heteroatoms. The zero-order chi connectivity index (χ0) is 50.6. The Morgan fingerprint density at radius 2 is 0.519 bits per heavy atom. The van der Waals surface area contributed by atoms with Crippen molar-refractivity contribution in [1.82, 2.24) is 0 Å². The monoisotopic (exact) mass is 974 g/mol. The highest BCUT2D eigenvalue weighted by Gasteiger charge is 2.21. The maximum Gasteiger partial charge on any atom is 0.135 e. The average Bonchev–Trinajstić information content (AvgIpc) is 3.90. The van der Waals surface area contributed by atoms with Crippen LogP contribution >= 0.6 is 0 Å². The second-order valence-corrected chi connectivity index (χ2v) is 20.7. The molecule has 0 atom stereocenters. The predicted molar refractivity (Wildman–Crippen MR) is 329 cm³/mol. The minimum atomic E-state index is 0.907. The summed E-state index contributed by atoms with van der Waals surface area (Å²) in [6.45, 7) is 0. The highest BCUT2D eigenvalue weighted by molar-refractivity contribution is 6.25. The fourth-order valence-electron chi connectivity index (χ4n) is 12.8. The van der Waals surface area contributed by atoms with Crippen molar-refractivity contribution in [3.05, 3.63) is 279 Å². The molecular weight excluding hydrogens is 929 g/mol. The van der Waals surface area contributed by atoms with E-state index < -0.39 is 0 Å². The lowest BCUT2D eigenvalue weighted by atomic mass is 9.84. The Kier molecular flexibility index (Phi) is 9.71. The van der Waals surface area contributed by atoms with Gasteiger partial charge in [-0.25, -0.2) is 0 Å². The topological polar surface area (TPSA) is 13.1 Å². The van der Waals surface area contributed by atoms with Crippen LogP contribution < -0.4 is 0 Å². The van der Waals surface area contributed by atoms with Crippen LogP contribution in [0, 0.1) is 0 Å². The van der Waals surface area contributed by atoms with Gasteiger partial charge in [0.15, 0.2) is 0 Å². The zero-order valence-corrected chi connectivity index (χ0v) is 42.0. The molecule has 0 saturated carbocycles. The highest BCUT2D eigenvalue weighted by atomic mass is 16.3. The van der Waals surface area contributed by atoms with Gasteiger partial charge >= 0.3 is 0 Å². The van der Waals surface area contributed by atoms with Crippen LogP contribution in [-0.4, -0.2) is 0 Å². The molecule has 0 spiro atoms. The average molecular weight is 975 g/mol. The van der Waals surface area contributed by atoms with Gasteiger partial charge in [0, 0.05) is 10.8 Å². The molecule has 0 radical (unpaired) electrons. The molecule has 77 heavy (non-hydrogen) atoms. The van der Waals surface area contributed by atoms with Gasteiger partial charge in [-0.3, -0.25) is 0 Å². The number of para-hydroxylation sites is 1. The van der Waals surface area contributed by atoms with Crippen LogP contribution in [0.3, 0.4) is 0 Å². The lowest BCUT2D eigenvalue weighted by Crippen LogP contribution is -1.92. The Morgan fingerprint density at radius 3 is 1.06 bits per heavy atom. The summed E-state index contributed by atoms with van der Waals surface area (Å²) in [5.41, 5.74) is 16.5. The van der Waals surface area contributed by atoms with E-state index in [1.54, 1.807) is 0 Å². The molecule has 16 rings (SSSR count). The van der Waals surface area contributed by atoms with E-state index >= 15 is 0 Å². The lowest BCUT2D eigenvalue weighted by Gasteiger charge is -2.19. The van der Waals surface area contributed by atoms with Crippen molar-refractivity contribution < 1.29 is 4.42 Å². The number of hydrogen-bond donors (Lipinski definition) is 0. The minimum absolute atomic E-state index is 0.907. The van der Waals surface area contributed by atoms with Crippen molar-refractivity contribution in [3.8, 4) is 66.8 Å². The van der Waals surface area contributed by atoms with Crippen LogP contribution in [0.5, 0.6) is 0 Å². The summed E-state index contributed by atoms with van der Waals surface area (Å²) in [5.74, 6) is 0. The summed E-state index contributed by atoms with van der Waals surface area (Å²) in [5, 5.41) is 19.6. The first-order chi connectivity index (χ1) is 38.2. The van der Waals surface area contributed by atoms with Gasteiger partial charge in [0.25, 0.3) is 0 Å². The molecule has 0 saturated heterocycles. The first kappa shape index (κ1) is 43.3. The lowest BCUT2D eigenvalue weighted by molar-refractivity contribution is 0.669. The van der Waals surface area contributed by atoms with Crippen LogP contribution in [0.4, 0.5) is 0 Å². The van der Waals surface area contributed by atoms with Gasteiger partial charge in [0.1, 0.15) is 11.2 Å². The molecule has 0 unspecified atom stereocenters. The van der Waals surface area contributed by atoms with E-state index in [1.807, 2.05) is 6.07 Å². The maximum absolute atomic E-state index is 6.26. The third kappa shape index (κ3) is 6.95. The van der Waals surface area contributed by atoms with Crippen LogP contribution in [0.1, 0.15) is 0 Å². The number of fused-ring (bicyclic) bond motifs is 10. The third-order valence-electron chi connectivity index (χ3n) is 16.4. The van der Waals surface area contributed by atoms with E-state index in [0.29, 0.717) is 0 Å². The largest absolute Gasteiger partial charge is 0.456 e. The number of hydrogen-bond acceptors (Lipinski definition) is 1. The molecule has 0 aliphatic carbocycles. The SMILES string of the molecule is c1cc(-c2ccc3ccc(-c4ccc5ccc(-c6c7ccccc7c(-c7ccc8oc9ccccc9c8c7)c7ccccc67)cc5c4)cc3c2)cc(-c2c3ccccc3c(-c3cccc4ccccc34)c3ccccc23)c1. The standard InChI is InChI=1S/C76H46O/c1-2-19-59-49(15-1)16-14-29-61(59)76-68-27-9-7-25-66(68)73(67-26-8-10-28-69(67)76)54-18-13-17-50(41-54)51-35-31-47-32-36-52(43-57(47)42-51)53-37-33-48-34-38-55(45-58(48)44-53)74-62-21-3-5-23-64(62)75(65-24-6-4-22-63(65)74)56-39-40-72-70(46-56)60-20-11-12-30-71(60)77-72/h1-46H. The molecule has 0 aliphatic rings. The Bertz CT molecular complexity index is 4990. The fraction of sp³-hybridized carbons (Fsp3) is 0. The molecule has 356 valence electrons. The van der Waals surface area contributed by atoms with Crippen LogP contribution in [0.25, 0.3) is 164 Å². The molecule has 0 N–H and O–H groups in total. The number of rotatable bonds is 6. The van der Waals surface area contributed by atoms with Crippen molar-refractivity contribution in [3.63, 3.8) is 0 Å². The van der Waals surface area contributed by atoms with Crippen LogP contribution in [-0.2, 0) is 0 Å². The van der Waals surface area contributed by atoms with Crippen molar-refractivity contribution in [2.75, 3.05) is 0 Å². The van der Waals surface area contributed by atoms with Gasteiger partial charge in [-0.2, -0.15) is 0 Å². The molecule has 1 nitrogen and oxygen atoms in total. The first-order valence-corrected chi connectivity index (χ1v) is 26.6. The summed E-state index contributed by atoms with van der Waals surface area (Å²) < 4.78 is 6.26. The summed E-state index contributed by atoms with van der Waals surface area (Å²) in [6.07, 6.45) is 0. The number of furan rings is 1. The van der Waals surface area contributed by atoms with Gasteiger partial charge in [-0.15, -0.1) is 0 Å². The highest BCUT2D eigenvalue weighted by Crippen LogP contribution is 2.48. The van der Waals surface area contributed by atoms with Gasteiger partial charge < -0.3 is 4.42 Å². The molecule has 0 aliphatic heterocycles. The summed E-state index contributed by atoms with van der Waals surface area (Å²) >= 11 is 0. The molecule has 0 amide bonds. The predicted octanol–water partition coefficient (Wildman–Crippen LogP) is 21.7. The van der Waals surface area contributed by atoms with E-state index in [4.69, 9.17) is 4.42 Å². The first-order valence-electron chi connectivity index (χ1n) is 26.6. The third-order valence-corrected chi connectivity index (χ3v) is 16.4. The Labute approximate surface area is 445 Å². The molecule has 0 bridgehead atoms. The molecule has 15 aromatic carbocycles. The Morgan fingerprint density at radius 1 is 0.169 bits per heavy atom. The van der Waals surface area contributed by atoms with E-state index in [0.717, 1.165) is 21.9 Å². The van der Waals surface area contributed by atoms with Crippen molar-refractivity contribution in [2.24, 2.45) is 0 Å². The summed E-state index contributed by atoms with van der Waals surface area (Å²) in [4.78, 5) is 0. The molecule has 0 fully saturated rings. The van der Waals surface area contributed by atoms with E-state index in [2.05, 4.69) is 273 Å². The van der Waals surface area contributed by atoms with E-state index in [1.165, 1.54) is 142 Å². The van der Waals surface area contributed by atoms with E-state index in [-0.39, 0.29) is 0 Å². The Balaban J connectivity index is 0.781. The molecule has 1 aromatic heterocycles. The maximum atomic E-state index is 6.26. The van der Waals surface area contributed by atoms with Crippen LogP contribution in [0.2, 0.25) is 0 Å². The second-order valence-electron chi connectivity index (χ2n) is 20.7. The molecular formula is C76H46O.